The summed E-state index contributed by atoms with van der Waals surface area (Å²) >= 11 is 8.36. The minimum atomic E-state index is -2.12. The molecular formula is C71H90N14O25S2. The number of rotatable bonds is 45. The van der Waals surface area contributed by atoms with Gasteiger partial charge in [0.1, 0.15) is 89.8 Å². The highest BCUT2D eigenvalue weighted by molar-refractivity contribution is 7.80. The van der Waals surface area contributed by atoms with E-state index in [1.807, 2.05) is 0 Å². The molecule has 4 aromatic rings. The highest BCUT2D eigenvalue weighted by Crippen LogP contribution is 2.22. The van der Waals surface area contributed by atoms with Crippen LogP contribution < -0.4 is 69.5 Å². The van der Waals surface area contributed by atoms with E-state index in [9.17, 15) is 118 Å². The minimum Gasteiger partial charge on any atom is -0.508 e. The molecule has 1 aliphatic heterocycles. The first-order valence-electron chi connectivity index (χ1n) is 34.8. The number of hydrogen-bond acceptors (Lipinski definition) is 24. The van der Waals surface area contributed by atoms with Gasteiger partial charge >= 0.3 is 23.9 Å². The van der Waals surface area contributed by atoms with Crippen LogP contribution in [-0.2, 0) is 107 Å². The van der Waals surface area contributed by atoms with Crippen LogP contribution in [0, 0.1) is 0 Å². The Morgan fingerprint density at radius 3 is 1.26 bits per heavy atom. The van der Waals surface area contributed by atoms with Crippen LogP contribution in [0.4, 0.5) is 0 Å². The van der Waals surface area contributed by atoms with Gasteiger partial charge in [0.15, 0.2) is 0 Å². The topological polar surface area (TPSA) is 626 Å². The molecule has 112 heavy (non-hydrogen) atoms. The van der Waals surface area contributed by atoms with Crippen molar-refractivity contribution in [1.82, 2.24) is 68.7 Å². The Kier molecular flexibility index (Phi) is 36.5. The Morgan fingerprint density at radius 2 is 0.812 bits per heavy atom. The first-order valence-corrected chi connectivity index (χ1v) is 36.1. The lowest BCUT2D eigenvalue weighted by Gasteiger charge is -2.31. The summed E-state index contributed by atoms with van der Waals surface area (Å²) in [5.74, 6) is -21.4. The number of carbonyl (C=O) groups excluding carboxylic acids is 13. The van der Waals surface area contributed by atoms with Gasteiger partial charge in [0.05, 0.1) is 26.1 Å². The predicted molar refractivity (Wildman–Crippen MR) is 398 cm³/mol. The Labute approximate surface area is 650 Å². The second-order valence-electron chi connectivity index (χ2n) is 25.7. The molecule has 0 bridgehead atoms. The molecule has 0 saturated carbocycles. The maximum Gasteiger partial charge on any atom is 0.326 e. The van der Waals surface area contributed by atoms with Crippen molar-refractivity contribution in [2.75, 3.05) is 37.7 Å². The van der Waals surface area contributed by atoms with E-state index in [0.29, 0.717) is 22.3 Å². The van der Waals surface area contributed by atoms with Crippen molar-refractivity contribution in [2.24, 2.45) is 5.73 Å². The molecule has 0 unspecified atom stereocenters. The molecule has 1 fully saturated rings. The Hall–Kier alpha value is -12.1. The van der Waals surface area contributed by atoms with Gasteiger partial charge in [0.25, 0.3) is 0 Å². The molecule has 1 aliphatic rings. The molecule has 12 atom stereocenters. The van der Waals surface area contributed by atoms with Crippen LogP contribution in [0.2, 0.25) is 0 Å². The van der Waals surface area contributed by atoms with Crippen molar-refractivity contribution >= 4 is 126 Å². The zero-order chi connectivity index (χ0) is 82.9. The van der Waals surface area contributed by atoms with Crippen LogP contribution in [0.3, 0.4) is 0 Å². The number of nitrogens with zero attached hydrogens (tertiary/aromatic N) is 1. The summed E-state index contributed by atoms with van der Waals surface area (Å²) in [6.45, 7) is -1.45. The lowest BCUT2D eigenvalue weighted by molar-refractivity contribution is -0.144. The molecule has 4 aromatic carbocycles. The van der Waals surface area contributed by atoms with Crippen molar-refractivity contribution in [2.45, 2.75) is 150 Å². The summed E-state index contributed by atoms with van der Waals surface area (Å²) in [4.78, 5) is 229. The number of nitrogens with one attached hydrogen (secondary N) is 12. The third kappa shape index (κ3) is 30.0. The molecule has 606 valence electrons. The number of carbonyl (C=O) groups is 17. The van der Waals surface area contributed by atoms with Gasteiger partial charge in [-0.3, -0.25) is 76.7 Å². The molecule has 22 N–H and O–H groups in total. The Bertz CT molecular complexity index is 4020. The number of carboxylic acids is 4. The number of amides is 13. The maximum atomic E-state index is 15.1. The van der Waals surface area contributed by atoms with Gasteiger partial charge < -0.3 is 115 Å². The van der Waals surface area contributed by atoms with Crippen LogP contribution in [0.5, 0.6) is 17.2 Å². The van der Waals surface area contributed by atoms with E-state index in [4.69, 9.17) is 5.73 Å². The molecule has 13 amide bonds. The van der Waals surface area contributed by atoms with Crippen molar-refractivity contribution in [1.29, 1.82) is 0 Å². The molecular weight excluding hydrogens is 1510 g/mol. The Morgan fingerprint density at radius 1 is 0.429 bits per heavy atom. The number of thiol groups is 2. The number of aliphatic hydroxyl groups is 1. The van der Waals surface area contributed by atoms with Gasteiger partial charge in [-0.05, 0) is 91.3 Å². The minimum absolute atomic E-state index is 0.0910. The molecule has 0 aromatic heterocycles. The van der Waals surface area contributed by atoms with Gasteiger partial charge in [0, 0.05) is 56.6 Å². The number of phenolic OH excluding ortho intramolecular Hbond substituents is 3. The fraction of sp³-hybridized carbons (Fsp3) is 0.423. The van der Waals surface area contributed by atoms with Crippen LogP contribution in [0.1, 0.15) is 74.1 Å². The smallest absolute Gasteiger partial charge is 0.326 e. The quantitative estimate of drug-likeness (QED) is 0.0184. The van der Waals surface area contributed by atoms with Crippen LogP contribution in [0.25, 0.3) is 0 Å². The Balaban J connectivity index is 1.32. The number of benzene rings is 4. The van der Waals surface area contributed by atoms with E-state index in [0.717, 1.165) is 4.90 Å². The van der Waals surface area contributed by atoms with E-state index in [1.165, 1.54) is 79.7 Å². The van der Waals surface area contributed by atoms with Crippen molar-refractivity contribution in [3.63, 3.8) is 0 Å². The molecule has 1 saturated heterocycles. The fourth-order valence-electron chi connectivity index (χ4n) is 11.2. The first kappa shape index (κ1) is 90.5. The summed E-state index contributed by atoms with van der Waals surface area (Å²) in [5.41, 5.74) is 6.99. The average molecular weight is 1600 g/mol. The zero-order valence-corrected chi connectivity index (χ0v) is 62.0. The highest BCUT2D eigenvalue weighted by atomic mass is 32.1. The van der Waals surface area contributed by atoms with Gasteiger partial charge in [-0.1, -0.05) is 66.7 Å². The van der Waals surface area contributed by atoms with E-state index in [2.05, 4.69) is 89.1 Å². The lowest BCUT2D eigenvalue weighted by atomic mass is 10.0. The van der Waals surface area contributed by atoms with Crippen LogP contribution >= 0.6 is 25.3 Å². The molecule has 0 radical (unpaired) electrons. The van der Waals surface area contributed by atoms with E-state index in [1.54, 1.807) is 30.3 Å². The normalized spacial score (nSPS) is 15.2. The third-order valence-corrected chi connectivity index (χ3v) is 17.9. The SMILES string of the molecule is C[C@H](NC(=O)CNC(=O)[C@H](CCC(=O)O)NC(=O)[C@H](CCC(=O)O)NC(=O)[C@H](CC(=O)O)NC(=O)[C@@H]1CCCN1C(=O)[C@H](Cc1ccc(O)cc1)NC(=O)[C@H](Cc1ccccc1)NC(=O)[C@H](CS)NC(=O)[C@H](Cc1ccc(O)cc1)NC(=O)[C@H](CO)NC(=O)CN)C(=O)N[C@@H](CS)C(=O)N[C@@H](Cc1ccc(O)cc1)C(=O)O. The number of aliphatic hydroxyl groups excluding tert-OH is 1. The average Bonchev–Trinajstić information content (AvgIpc) is 1.61. The van der Waals surface area contributed by atoms with Gasteiger partial charge in [-0.15, -0.1) is 0 Å². The third-order valence-electron chi connectivity index (χ3n) is 17.2. The van der Waals surface area contributed by atoms with E-state index < -0.39 is 231 Å². The second kappa shape index (κ2) is 45.1. The van der Waals surface area contributed by atoms with Crippen molar-refractivity contribution < 1.29 is 122 Å². The van der Waals surface area contributed by atoms with Crippen molar-refractivity contribution in [3.8, 4) is 17.2 Å². The zero-order valence-electron chi connectivity index (χ0n) is 60.2. The van der Waals surface area contributed by atoms with Gasteiger partial charge in [-0.2, -0.15) is 25.3 Å². The van der Waals surface area contributed by atoms with E-state index in [-0.39, 0.29) is 68.1 Å². The number of aromatic hydroxyl groups is 3. The molecule has 5 rings (SSSR count). The standard InChI is InChI=1S/C71H90N14O25S2/c1-36(60(98)83-52(34-111)68(106)82-50(71(109)110)29-40-13-19-43(89)20-14-40)74-56(91)32-73-61(99)44(21-23-57(92)93)76-62(100)45(22-24-58(94)95)77-65(103)48(30-59(96)97)80-69(107)54-8-5-25-85(54)70(108)49(28-39-11-17-42(88)18-12-39)81-63(101)46(26-37-6-3-2-4-7-37)79-67(105)53(35-112)84-64(102)47(27-38-9-15-41(87)16-10-38)78-66(104)51(33-86)75-55(90)31-72/h2-4,6-7,9-20,36,44-54,86-89,111-112H,5,8,21-35,72H2,1H3,(H,73,99)(H,74,91)(H,75,90)(H,76,100)(H,77,103)(H,78,104)(H,79,105)(H,80,107)(H,81,101)(H,82,106)(H,83,98)(H,84,102)(H,92,93)(H,94,95)(H,96,97)(H,109,110)/t36-,44-,45-,46-,47-,48-,49-,50-,51-,52-,53-,54-/m0/s1. The first-order chi connectivity index (χ1) is 53.1. The lowest BCUT2D eigenvalue weighted by Crippen LogP contribution is -2.61. The number of carboxylic acid groups (broad SMARTS) is 4. The van der Waals surface area contributed by atoms with E-state index >= 15 is 4.79 Å². The molecule has 1 heterocycles. The summed E-state index contributed by atoms with van der Waals surface area (Å²) in [5, 5.41) is 107. The number of hydrogen-bond donors (Lipinski definition) is 23. The predicted octanol–water partition coefficient (Wildman–Crippen LogP) is -5.37. The number of phenols is 3. The fourth-order valence-corrected chi connectivity index (χ4v) is 11.7. The van der Waals surface area contributed by atoms with Crippen molar-refractivity contribution in [3.05, 3.63) is 125 Å². The summed E-state index contributed by atoms with van der Waals surface area (Å²) in [6, 6.07) is 4.62. The van der Waals surface area contributed by atoms with Crippen LogP contribution in [0.15, 0.2) is 103 Å². The van der Waals surface area contributed by atoms with Crippen LogP contribution in [-0.4, -0.2) is 257 Å². The highest BCUT2D eigenvalue weighted by Gasteiger charge is 2.42. The largest absolute Gasteiger partial charge is 0.508 e. The van der Waals surface area contributed by atoms with Gasteiger partial charge in [0.2, 0.25) is 76.8 Å². The molecule has 39 nitrogen and oxygen atoms in total. The molecule has 0 spiro atoms. The number of nitrogens with two attached hydrogens (primary N) is 1. The summed E-state index contributed by atoms with van der Waals surface area (Å²) in [7, 11) is 0. The molecule has 0 aliphatic carbocycles. The monoisotopic (exact) mass is 1600 g/mol. The maximum absolute atomic E-state index is 15.1. The summed E-state index contributed by atoms with van der Waals surface area (Å²) in [6.07, 6.45) is -5.59. The molecule has 41 heteroatoms. The number of aliphatic carboxylic acids is 4. The second-order valence-corrected chi connectivity index (χ2v) is 26.5. The number of likely N-dealkylation sites (tertiary alicyclic amines) is 1. The summed E-state index contributed by atoms with van der Waals surface area (Å²) < 4.78 is 0. The van der Waals surface area contributed by atoms with Gasteiger partial charge in [-0.25, -0.2) is 4.79 Å².